The first-order valence-corrected chi connectivity index (χ1v) is 7.02. The molecule has 3 aromatic rings. The standard InChI is InChI=1S/C18H13N5/c1-13-2-5-16(6-3-13)23-12-22-17-8-15(4-7-18(17)23)21-11-14(9-19)10-20/h2-8,11-12,21H,1H3. The number of nitriles is 2. The molecule has 0 bridgehead atoms. The van der Waals surface area contributed by atoms with Crippen molar-refractivity contribution in [2.75, 3.05) is 5.32 Å². The molecule has 5 heteroatoms. The van der Waals surface area contributed by atoms with Crippen LogP contribution in [-0.2, 0) is 0 Å². The second-order valence-corrected chi connectivity index (χ2v) is 5.08. The van der Waals surface area contributed by atoms with E-state index in [1.165, 1.54) is 11.8 Å². The third-order valence-corrected chi connectivity index (χ3v) is 3.48. The molecule has 0 aliphatic rings. The van der Waals surface area contributed by atoms with Crippen molar-refractivity contribution in [3.63, 3.8) is 0 Å². The fourth-order valence-electron chi connectivity index (χ4n) is 2.26. The number of aryl methyl sites for hydroxylation is 1. The Hall–Kier alpha value is -3.57. The van der Waals surface area contributed by atoms with Crippen LogP contribution < -0.4 is 5.32 Å². The number of nitrogens with one attached hydrogen (secondary N) is 1. The number of fused-ring (bicyclic) bond motifs is 1. The molecule has 0 aliphatic heterocycles. The van der Waals surface area contributed by atoms with Crippen LogP contribution in [0.5, 0.6) is 0 Å². The number of allylic oxidation sites excluding steroid dienone is 1. The van der Waals surface area contributed by atoms with Gasteiger partial charge in [-0.3, -0.25) is 4.57 Å². The van der Waals surface area contributed by atoms with Gasteiger partial charge in [-0.1, -0.05) is 17.7 Å². The molecule has 1 heterocycles. The summed E-state index contributed by atoms with van der Waals surface area (Å²) in [6.07, 6.45) is 3.17. The Balaban J connectivity index is 1.95. The zero-order chi connectivity index (χ0) is 16.2. The predicted molar refractivity (Wildman–Crippen MR) is 88.7 cm³/mol. The lowest BCUT2D eigenvalue weighted by Gasteiger charge is -2.05. The van der Waals surface area contributed by atoms with E-state index in [1.54, 1.807) is 6.33 Å². The van der Waals surface area contributed by atoms with Crippen LogP contribution in [0.25, 0.3) is 16.7 Å². The molecule has 0 atom stereocenters. The van der Waals surface area contributed by atoms with E-state index in [1.807, 2.05) is 34.9 Å². The molecule has 1 N–H and O–H groups in total. The second-order valence-electron chi connectivity index (χ2n) is 5.08. The molecule has 23 heavy (non-hydrogen) atoms. The highest BCUT2D eigenvalue weighted by molar-refractivity contribution is 5.81. The molecular weight excluding hydrogens is 286 g/mol. The average Bonchev–Trinajstić information content (AvgIpc) is 3.00. The van der Waals surface area contributed by atoms with Crippen molar-refractivity contribution < 1.29 is 0 Å². The number of imidazole rings is 1. The highest BCUT2D eigenvalue weighted by Gasteiger charge is 2.05. The van der Waals surface area contributed by atoms with Gasteiger partial charge in [-0.15, -0.1) is 0 Å². The van der Waals surface area contributed by atoms with Gasteiger partial charge in [0.05, 0.1) is 11.0 Å². The SMILES string of the molecule is Cc1ccc(-n2cnc3cc(NC=C(C#N)C#N)ccc32)cc1. The molecule has 0 amide bonds. The molecule has 0 radical (unpaired) electrons. The summed E-state index contributed by atoms with van der Waals surface area (Å²) in [6.45, 7) is 2.05. The van der Waals surface area contributed by atoms with Gasteiger partial charge in [0, 0.05) is 17.6 Å². The molecule has 5 nitrogen and oxygen atoms in total. The minimum absolute atomic E-state index is 0.0234. The van der Waals surface area contributed by atoms with E-state index in [0.717, 1.165) is 22.4 Å². The number of aromatic nitrogens is 2. The normalized spacial score (nSPS) is 9.87. The minimum atomic E-state index is 0.0234. The Kier molecular flexibility index (Phi) is 3.78. The first-order valence-electron chi connectivity index (χ1n) is 7.02. The second kappa shape index (κ2) is 6.05. The molecule has 110 valence electrons. The number of nitrogens with zero attached hydrogens (tertiary/aromatic N) is 4. The van der Waals surface area contributed by atoms with E-state index in [2.05, 4.69) is 41.5 Å². The average molecular weight is 299 g/mol. The summed E-state index contributed by atoms with van der Waals surface area (Å²) in [5.74, 6) is 0. The largest absolute Gasteiger partial charge is 0.360 e. The summed E-state index contributed by atoms with van der Waals surface area (Å²) in [4.78, 5) is 4.42. The molecule has 2 aromatic carbocycles. The van der Waals surface area contributed by atoms with Crippen molar-refractivity contribution in [1.29, 1.82) is 10.5 Å². The number of anilines is 1. The Morgan fingerprint density at radius 2 is 1.87 bits per heavy atom. The van der Waals surface area contributed by atoms with Crippen LogP contribution in [0.4, 0.5) is 5.69 Å². The first-order chi connectivity index (χ1) is 11.2. The number of hydrogen-bond acceptors (Lipinski definition) is 4. The molecule has 0 unspecified atom stereocenters. The third kappa shape index (κ3) is 2.90. The number of rotatable bonds is 3. The topological polar surface area (TPSA) is 77.4 Å². The Morgan fingerprint density at radius 1 is 1.13 bits per heavy atom. The summed E-state index contributed by atoms with van der Waals surface area (Å²) in [5, 5.41) is 20.4. The zero-order valence-electron chi connectivity index (χ0n) is 12.5. The Bertz CT molecular complexity index is 949. The van der Waals surface area contributed by atoms with Crippen molar-refractivity contribution in [2.45, 2.75) is 6.92 Å². The Morgan fingerprint density at radius 3 is 2.57 bits per heavy atom. The van der Waals surface area contributed by atoms with Crippen molar-refractivity contribution in [3.05, 3.63) is 66.1 Å². The van der Waals surface area contributed by atoms with E-state index in [4.69, 9.17) is 10.5 Å². The van der Waals surface area contributed by atoms with Crippen LogP contribution in [0.1, 0.15) is 5.56 Å². The van der Waals surface area contributed by atoms with Gasteiger partial charge in [0.1, 0.15) is 24.0 Å². The van der Waals surface area contributed by atoms with E-state index in [0.29, 0.717) is 0 Å². The summed E-state index contributed by atoms with van der Waals surface area (Å²) >= 11 is 0. The van der Waals surface area contributed by atoms with Gasteiger partial charge in [-0.2, -0.15) is 10.5 Å². The fourth-order valence-corrected chi connectivity index (χ4v) is 2.26. The van der Waals surface area contributed by atoms with Crippen molar-refractivity contribution in [3.8, 4) is 17.8 Å². The van der Waals surface area contributed by atoms with Crippen molar-refractivity contribution in [1.82, 2.24) is 9.55 Å². The van der Waals surface area contributed by atoms with Crippen LogP contribution in [0.3, 0.4) is 0 Å². The van der Waals surface area contributed by atoms with Gasteiger partial charge in [-0.25, -0.2) is 4.98 Å². The first kappa shape index (κ1) is 14.4. The van der Waals surface area contributed by atoms with E-state index < -0.39 is 0 Å². The van der Waals surface area contributed by atoms with Crippen LogP contribution in [0.15, 0.2) is 60.6 Å². The minimum Gasteiger partial charge on any atom is -0.360 e. The molecule has 0 spiro atoms. The molecule has 0 saturated carbocycles. The molecule has 3 rings (SSSR count). The number of benzene rings is 2. The lowest BCUT2D eigenvalue weighted by molar-refractivity contribution is 1.09. The van der Waals surface area contributed by atoms with Crippen molar-refractivity contribution >= 4 is 16.7 Å². The maximum atomic E-state index is 8.73. The molecule has 0 saturated heterocycles. The van der Waals surface area contributed by atoms with Gasteiger partial charge >= 0.3 is 0 Å². The maximum Gasteiger partial charge on any atom is 0.145 e. The molecule has 0 fully saturated rings. The highest BCUT2D eigenvalue weighted by Crippen LogP contribution is 2.22. The Labute approximate surface area is 133 Å². The van der Waals surface area contributed by atoms with Crippen LogP contribution >= 0.6 is 0 Å². The van der Waals surface area contributed by atoms with Gasteiger partial charge < -0.3 is 5.32 Å². The summed E-state index contributed by atoms with van der Waals surface area (Å²) in [5.41, 5.74) is 4.88. The lowest BCUT2D eigenvalue weighted by Crippen LogP contribution is -1.93. The monoisotopic (exact) mass is 299 g/mol. The quantitative estimate of drug-likeness (QED) is 0.748. The van der Waals surface area contributed by atoms with Gasteiger partial charge in [0.15, 0.2) is 0 Å². The van der Waals surface area contributed by atoms with Crippen molar-refractivity contribution in [2.24, 2.45) is 0 Å². The molecular formula is C18H13N5. The zero-order valence-corrected chi connectivity index (χ0v) is 12.5. The van der Waals surface area contributed by atoms with Crippen LogP contribution in [-0.4, -0.2) is 9.55 Å². The summed E-state index contributed by atoms with van der Waals surface area (Å²) in [7, 11) is 0. The van der Waals surface area contributed by atoms with Crippen LogP contribution in [0, 0.1) is 29.6 Å². The van der Waals surface area contributed by atoms with Gasteiger partial charge in [-0.05, 0) is 37.3 Å². The van der Waals surface area contributed by atoms with E-state index in [-0.39, 0.29) is 5.57 Å². The van der Waals surface area contributed by atoms with E-state index >= 15 is 0 Å². The molecule has 0 aliphatic carbocycles. The fraction of sp³-hybridized carbons (Fsp3) is 0.0556. The molecule has 1 aromatic heterocycles. The van der Waals surface area contributed by atoms with Gasteiger partial charge in [0.2, 0.25) is 0 Å². The summed E-state index contributed by atoms with van der Waals surface area (Å²) < 4.78 is 2.02. The predicted octanol–water partition coefficient (Wildman–Crippen LogP) is 3.68. The van der Waals surface area contributed by atoms with Crippen LogP contribution in [0.2, 0.25) is 0 Å². The summed E-state index contributed by atoms with van der Waals surface area (Å²) in [6, 6.07) is 17.6. The van der Waals surface area contributed by atoms with Gasteiger partial charge in [0.25, 0.3) is 0 Å². The third-order valence-electron chi connectivity index (χ3n) is 3.48. The smallest absolute Gasteiger partial charge is 0.145 e. The highest BCUT2D eigenvalue weighted by atomic mass is 15.0. The maximum absolute atomic E-state index is 8.73. The van der Waals surface area contributed by atoms with E-state index in [9.17, 15) is 0 Å². The number of hydrogen-bond donors (Lipinski definition) is 1. The lowest BCUT2D eigenvalue weighted by atomic mass is 10.2.